The topological polar surface area (TPSA) is 63.2 Å². The molecule has 0 aromatic heterocycles. The molecule has 0 heterocycles. The van der Waals surface area contributed by atoms with Gasteiger partial charge < -0.3 is 0 Å². The molecule has 1 amide bonds. The Bertz CT molecular complexity index is 1540. The first-order valence-corrected chi connectivity index (χ1v) is 13.6. The standard InChI is InChI=1S/C32H29NO3S/c1-3-29(26-13-6-4-7-14-26)32(27-15-8-5-9-16-27)28-21-18-25(19-22-28)20-23-31(34)33-37(35,36)30-17-11-10-12-24(30)2/h4-23H,3H2,1-2H3,(H,33,34). The molecular weight excluding hydrogens is 478 g/mol. The van der Waals surface area contributed by atoms with E-state index >= 15 is 0 Å². The van der Waals surface area contributed by atoms with Gasteiger partial charge in [0.15, 0.2) is 0 Å². The van der Waals surface area contributed by atoms with Crippen molar-refractivity contribution in [1.29, 1.82) is 0 Å². The lowest BCUT2D eigenvalue weighted by molar-refractivity contribution is -0.114. The van der Waals surface area contributed by atoms with Crippen molar-refractivity contribution in [3.8, 4) is 0 Å². The van der Waals surface area contributed by atoms with Crippen LogP contribution in [0.15, 0.2) is 120 Å². The predicted molar refractivity (Wildman–Crippen MR) is 151 cm³/mol. The van der Waals surface area contributed by atoms with Crippen LogP contribution in [0, 0.1) is 6.92 Å². The van der Waals surface area contributed by atoms with Gasteiger partial charge in [0.05, 0.1) is 4.90 Å². The number of benzene rings is 4. The molecular formula is C32H29NO3S. The molecule has 0 radical (unpaired) electrons. The van der Waals surface area contributed by atoms with Gasteiger partial charge in [0, 0.05) is 6.08 Å². The number of amides is 1. The lowest BCUT2D eigenvalue weighted by Crippen LogP contribution is -2.29. The molecule has 4 rings (SSSR count). The van der Waals surface area contributed by atoms with E-state index in [2.05, 4.69) is 35.9 Å². The maximum Gasteiger partial charge on any atom is 0.264 e. The van der Waals surface area contributed by atoms with Crippen molar-refractivity contribution in [1.82, 2.24) is 4.72 Å². The van der Waals surface area contributed by atoms with Gasteiger partial charge in [0.25, 0.3) is 15.9 Å². The molecule has 1 N–H and O–H groups in total. The summed E-state index contributed by atoms with van der Waals surface area (Å²) in [6.45, 7) is 3.85. The Morgan fingerprint density at radius 1 is 0.730 bits per heavy atom. The zero-order valence-corrected chi connectivity index (χ0v) is 21.7. The molecule has 0 unspecified atom stereocenters. The minimum atomic E-state index is -3.94. The lowest BCUT2D eigenvalue weighted by atomic mass is 9.88. The van der Waals surface area contributed by atoms with Crippen LogP contribution in [0.3, 0.4) is 0 Å². The van der Waals surface area contributed by atoms with Gasteiger partial charge in [-0.3, -0.25) is 4.79 Å². The van der Waals surface area contributed by atoms with Gasteiger partial charge in [-0.2, -0.15) is 0 Å². The molecule has 4 aromatic carbocycles. The molecule has 4 nitrogen and oxygen atoms in total. The largest absolute Gasteiger partial charge is 0.269 e. The molecule has 186 valence electrons. The Kier molecular flexibility index (Phi) is 8.16. The van der Waals surface area contributed by atoms with Gasteiger partial charge in [-0.05, 0) is 64.5 Å². The molecule has 4 aromatic rings. The molecule has 0 aliphatic carbocycles. The van der Waals surface area contributed by atoms with E-state index in [9.17, 15) is 13.2 Å². The summed E-state index contributed by atoms with van der Waals surface area (Å²) in [5.41, 5.74) is 7.15. The van der Waals surface area contributed by atoms with Crippen molar-refractivity contribution in [2.45, 2.75) is 25.2 Å². The third-order valence-corrected chi connectivity index (χ3v) is 7.59. The van der Waals surface area contributed by atoms with Gasteiger partial charge >= 0.3 is 0 Å². The van der Waals surface area contributed by atoms with E-state index in [-0.39, 0.29) is 4.90 Å². The summed E-state index contributed by atoms with van der Waals surface area (Å²) >= 11 is 0. The first kappa shape index (κ1) is 25.9. The van der Waals surface area contributed by atoms with Crippen molar-refractivity contribution >= 4 is 33.2 Å². The second-order valence-corrected chi connectivity index (χ2v) is 10.3. The second-order valence-electron chi connectivity index (χ2n) is 8.63. The first-order chi connectivity index (χ1) is 17.9. The number of hydrogen-bond acceptors (Lipinski definition) is 3. The zero-order valence-electron chi connectivity index (χ0n) is 20.9. The van der Waals surface area contributed by atoms with Crippen LogP contribution >= 0.6 is 0 Å². The van der Waals surface area contributed by atoms with Gasteiger partial charge in [-0.1, -0.05) is 110 Å². The van der Waals surface area contributed by atoms with Crippen LogP contribution < -0.4 is 4.72 Å². The van der Waals surface area contributed by atoms with Gasteiger partial charge in [0.2, 0.25) is 0 Å². The summed E-state index contributed by atoms with van der Waals surface area (Å²) < 4.78 is 27.2. The van der Waals surface area contributed by atoms with E-state index in [4.69, 9.17) is 0 Å². The summed E-state index contributed by atoms with van der Waals surface area (Å²) in [5, 5.41) is 0. The van der Waals surface area contributed by atoms with Gasteiger partial charge in [0.1, 0.15) is 0 Å². The van der Waals surface area contributed by atoms with E-state index < -0.39 is 15.9 Å². The SMILES string of the molecule is CCC(=C(c1ccccc1)c1ccc(C=CC(=O)NS(=O)(=O)c2ccccc2C)cc1)c1ccccc1. The fourth-order valence-electron chi connectivity index (χ4n) is 4.30. The van der Waals surface area contributed by atoms with E-state index in [0.29, 0.717) is 5.56 Å². The van der Waals surface area contributed by atoms with Gasteiger partial charge in [-0.25, -0.2) is 13.1 Å². The Labute approximate surface area is 219 Å². The fourth-order valence-corrected chi connectivity index (χ4v) is 5.49. The summed E-state index contributed by atoms with van der Waals surface area (Å²) in [4.78, 5) is 12.5. The van der Waals surface area contributed by atoms with E-state index in [1.54, 1.807) is 31.2 Å². The summed E-state index contributed by atoms with van der Waals surface area (Å²) in [6.07, 6.45) is 3.71. The number of aryl methyl sites for hydroxylation is 1. The second kappa shape index (κ2) is 11.7. The van der Waals surface area contributed by atoms with E-state index in [0.717, 1.165) is 28.7 Å². The highest BCUT2D eigenvalue weighted by Gasteiger charge is 2.18. The smallest absolute Gasteiger partial charge is 0.264 e. The van der Waals surface area contributed by atoms with Gasteiger partial charge in [-0.15, -0.1) is 0 Å². The maximum atomic E-state index is 12.6. The molecule has 5 heteroatoms. The summed E-state index contributed by atoms with van der Waals surface area (Å²) in [6, 6.07) is 35.1. The van der Waals surface area contributed by atoms with Crippen molar-refractivity contribution < 1.29 is 13.2 Å². The zero-order chi connectivity index (χ0) is 26.3. The summed E-state index contributed by atoms with van der Waals surface area (Å²) in [7, 11) is -3.94. The van der Waals surface area contributed by atoms with Crippen LogP contribution in [0.1, 0.15) is 41.2 Å². The third kappa shape index (κ3) is 6.32. The minimum Gasteiger partial charge on any atom is -0.269 e. The molecule has 0 atom stereocenters. The van der Waals surface area contributed by atoms with Crippen molar-refractivity contribution in [3.63, 3.8) is 0 Å². The number of sulfonamides is 1. The lowest BCUT2D eigenvalue weighted by Gasteiger charge is -2.16. The molecule has 0 saturated heterocycles. The number of carbonyl (C=O) groups excluding carboxylic acids is 1. The van der Waals surface area contributed by atoms with Crippen LogP contribution in [0.4, 0.5) is 0 Å². The maximum absolute atomic E-state index is 12.6. The Morgan fingerprint density at radius 2 is 1.27 bits per heavy atom. The van der Waals surface area contributed by atoms with Crippen LogP contribution in [0.2, 0.25) is 0 Å². The molecule has 0 aliphatic heterocycles. The average molecular weight is 508 g/mol. The van der Waals surface area contributed by atoms with Crippen LogP contribution in [-0.2, 0) is 14.8 Å². The molecule has 0 bridgehead atoms. The average Bonchev–Trinajstić information content (AvgIpc) is 2.92. The fraction of sp³-hybridized carbons (Fsp3) is 0.0938. The van der Waals surface area contributed by atoms with Crippen molar-refractivity contribution in [3.05, 3.63) is 143 Å². The number of hydrogen-bond donors (Lipinski definition) is 1. The Balaban J connectivity index is 1.60. The summed E-state index contributed by atoms with van der Waals surface area (Å²) in [5.74, 6) is -0.699. The quantitative estimate of drug-likeness (QED) is 0.209. The third-order valence-electron chi connectivity index (χ3n) is 6.08. The molecule has 0 fully saturated rings. The number of nitrogens with one attached hydrogen (secondary N) is 1. The van der Waals surface area contributed by atoms with E-state index in [1.807, 2.05) is 60.7 Å². The highest BCUT2D eigenvalue weighted by molar-refractivity contribution is 7.90. The Morgan fingerprint density at radius 3 is 1.86 bits per heavy atom. The normalized spacial score (nSPS) is 12.3. The molecule has 37 heavy (non-hydrogen) atoms. The van der Waals surface area contributed by atoms with Crippen LogP contribution in [0.5, 0.6) is 0 Å². The van der Waals surface area contributed by atoms with Crippen LogP contribution in [0.25, 0.3) is 17.2 Å². The van der Waals surface area contributed by atoms with E-state index in [1.165, 1.54) is 23.3 Å². The van der Waals surface area contributed by atoms with Crippen LogP contribution in [-0.4, -0.2) is 14.3 Å². The number of carbonyl (C=O) groups is 1. The minimum absolute atomic E-state index is 0.0893. The monoisotopic (exact) mass is 507 g/mol. The number of allylic oxidation sites excluding steroid dienone is 1. The predicted octanol–water partition coefficient (Wildman–Crippen LogP) is 6.88. The molecule has 0 saturated carbocycles. The van der Waals surface area contributed by atoms with Crippen molar-refractivity contribution in [2.24, 2.45) is 0 Å². The molecule has 0 aliphatic rings. The molecule has 0 spiro atoms. The Hall–Kier alpha value is -4.22. The highest BCUT2D eigenvalue weighted by Crippen LogP contribution is 2.34. The van der Waals surface area contributed by atoms with Crippen molar-refractivity contribution in [2.75, 3.05) is 0 Å². The first-order valence-electron chi connectivity index (χ1n) is 12.1. The number of rotatable bonds is 8. The highest BCUT2D eigenvalue weighted by atomic mass is 32.2.